The van der Waals surface area contributed by atoms with Gasteiger partial charge < -0.3 is 15.0 Å². The Morgan fingerprint density at radius 2 is 2.19 bits per heavy atom. The zero-order chi connectivity index (χ0) is 12.2. The van der Waals surface area contributed by atoms with Crippen LogP contribution in [0.1, 0.15) is 33.6 Å². The maximum atomic E-state index is 11.8. The van der Waals surface area contributed by atoms with Crippen LogP contribution >= 0.6 is 0 Å². The molecule has 1 unspecified atom stereocenters. The van der Waals surface area contributed by atoms with E-state index in [0.717, 1.165) is 19.6 Å². The van der Waals surface area contributed by atoms with Crippen LogP contribution in [0.2, 0.25) is 0 Å². The van der Waals surface area contributed by atoms with E-state index in [9.17, 15) is 4.79 Å². The molecule has 0 aromatic rings. The fraction of sp³-hybridized carbons (Fsp3) is 0.917. The Balaban J connectivity index is 2.23. The van der Waals surface area contributed by atoms with Crippen molar-refractivity contribution < 1.29 is 9.53 Å². The van der Waals surface area contributed by atoms with Crippen LogP contribution in [0.3, 0.4) is 0 Å². The molecule has 1 aliphatic rings. The van der Waals surface area contributed by atoms with Crippen molar-refractivity contribution >= 4 is 5.91 Å². The molecule has 0 bridgehead atoms. The smallest absolute Gasteiger partial charge is 0.223 e. The lowest BCUT2D eigenvalue weighted by Gasteiger charge is -2.25. The van der Waals surface area contributed by atoms with Crippen LogP contribution in [0.5, 0.6) is 0 Å². The molecule has 0 aliphatic carbocycles. The molecule has 1 rings (SSSR count). The van der Waals surface area contributed by atoms with Crippen molar-refractivity contribution in [3.05, 3.63) is 0 Å². The third kappa shape index (κ3) is 4.49. The average Bonchev–Trinajstić information content (AvgIpc) is 2.67. The van der Waals surface area contributed by atoms with Crippen molar-refractivity contribution in [3.63, 3.8) is 0 Å². The van der Waals surface area contributed by atoms with Gasteiger partial charge >= 0.3 is 0 Å². The molecule has 0 aromatic heterocycles. The first kappa shape index (κ1) is 13.5. The first-order chi connectivity index (χ1) is 7.40. The summed E-state index contributed by atoms with van der Waals surface area (Å²) in [5.41, 5.74) is 0.0787. The highest BCUT2D eigenvalue weighted by Gasteiger charge is 2.23. The molecule has 1 heterocycles. The molecule has 4 heteroatoms. The molecule has 1 N–H and O–H groups in total. The van der Waals surface area contributed by atoms with E-state index >= 15 is 0 Å². The number of ether oxygens (including phenoxy) is 1. The summed E-state index contributed by atoms with van der Waals surface area (Å²) in [6.07, 6.45) is 1.53. The molecule has 0 spiro atoms. The summed E-state index contributed by atoms with van der Waals surface area (Å²) in [5, 5.41) is 3.32. The normalized spacial score (nSPS) is 21.1. The Bertz CT molecular complexity index is 230. The second-order valence-corrected chi connectivity index (χ2v) is 5.45. The summed E-state index contributed by atoms with van der Waals surface area (Å²) in [6, 6.07) is 0.280. The number of rotatable bonds is 4. The van der Waals surface area contributed by atoms with Crippen molar-refractivity contribution in [2.75, 3.05) is 26.8 Å². The number of amides is 1. The fourth-order valence-electron chi connectivity index (χ4n) is 1.75. The van der Waals surface area contributed by atoms with Crippen LogP contribution in [0.15, 0.2) is 0 Å². The van der Waals surface area contributed by atoms with E-state index in [-0.39, 0.29) is 17.5 Å². The van der Waals surface area contributed by atoms with Crippen LogP contribution in [0, 0.1) is 0 Å². The highest BCUT2D eigenvalue weighted by Crippen LogP contribution is 2.11. The molecule has 0 radical (unpaired) electrons. The number of hydrogen-bond donors (Lipinski definition) is 1. The lowest BCUT2D eigenvalue weighted by Crippen LogP contribution is -2.41. The average molecular weight is 228 g/mol. The van der Waals surface area contributed by atoms with E-state index in [0.29, 0.717) is 13.0 Å². The van der Waals surface area contributed by atoms with Crippen molar-refractivity contribution in [2.24, 2.45) is 0 Å². The zero-order valence-electron chi connectivity index (χ0n) is 10.9. The zero-order valence-corrected chi connectivity index (χ0v) is 10.9. The van der Waals surface area contributed by atoms with Crippen molar-refractivity contribution in [1.29, 1.82) is 0 Å². The molecule has 1 amide bonds. The van der Waals surface area contributed by atoms with Crippen molar-refractivity contribution in [1.82, 2.24) is 10.2 Å². The Kier molecular flexibility index (Phi) is 4.74. The second-order valence-electron chi connectivity index (χ2n) is 5.45. The van der Waals surface area contributed by atoms with E-state index in [1.807, 2.05) is 11.9 Å². The molecule has 0 saturated carbocycles. The minimum atomic E-state index is 0.0787. The standard InChI is InChI=1S/C12H24N2O2/c1-12(2,3)13-7-5-11(15)14(4)10-6-8-16-9-10/h10,13H,5-9H2,1-4H3. The molecule has 1 fully saturated rings. The van der Waals surface area contributed by atoms with Gasteiger partial charge in [0.05, 0.1) is 12.6 Å². The van der Waals surface area contributed by atoms with Gasteiger partial charge in [-0.3, -0.25) is 4.79 Å². The second kappa shape index (κ2) is 5.64. The Hall–Kier alpha value is -0.610. The first-order valence-electron chi connectivity index (χ1n) is 5.98. The maximum Gasteiger partial charge on any atom is 0.223 e. The van der Waals surface area contributed by atoms with Gasteiger partial charge in [-0.1, -0.05) is 0 Å². The number of nitrogens with zero attached hydrogens (tertiary/aromatic N) is 1. The molecule has 16 heavy (non-hydrogen) atoms. The van der Waals surface area contributed by atoms with Crippen LogP contribution in [-0.4, -0.2) is 49.2 Å². The monoisotopic (exact) mass is 228 g/mol. The highest BCUT2D eigenvalue weighted by atomic mass is 16.5. The number of hydrogen-bond acceptors (Lipinski definition) is 3. The molecule has 1 atom stereocenters. The lowest BCUT2D eigenvalue weighted by molar-refractivity contribution is -0.131. The van der Waals surface area contributed by atoms with Gasteiger partial charge in [-0.05, 0) is 27.2 Å². The van der Waals surface area contributed by atoms with Crippen molar-refractivity contribution in [3.8, 4) is 0 Å². The van der Waals surface area contributed by atoms with Crippen LogP contribution in [-0.2, 0) is 9.53 Å². The Labute approximate surface area is 98.3 Å². The minimum absolute atomic E-state index is 0.0787. The van der Waals surface area contributed by atoms with E-state index in [1.54, 1.807) is 0 Å². The number of nitrogens with one attached hydrogen (secondary N) is 1. The summed E-state index contributed by atoms with van der Waals surface area (Å²) < 4.78 is 5.28. The van der Waals surface area contributed by atoms with Crippen LogP contribution < -0.4 is 5.32 Å². The molecular weight excluding hydrogens is 204 g/mol. The van der Waals surface area contributed by atoms with Gasteiger partial charge in [0.1, 0.15) is 0 Å². The minimum Gasteiger partial charge on any atom is -0.379 e. The van der Waals surface area contributed by atoms with E-state index in [4.69, 9.17) is 4.74 Å². The van der Waals surface area contributed by atoms with Gasteiger partial charge in [-0.2, -0.15) is 0 Å². The summed E-state index contributed by atoms with van der Waals surface area (Å²) in [6.45, 7) is 8.52. The molecule has 4 nitrogen and oxygen atoms in total. The summed E-state index contributed by atoms with van der Waals surface area (Å²) in [7, 11) is 1.87. The predicted octanol–water partition coefficient (Wildman–Crippen LogP) is 1.01. The fourth-order valence-corrected chi connectivity index (χ4v) is 1.75. The third-order valence-electron chi connectivity index (χ3n) is 2.84. The first-order valence-corrected chi connectivity index (χ1v) is 5.98. The van der Waals surface area contributed by atoms with Gasteiger partial charge in [0.15, 0.2) is 0 Å². The van der Waals surface area contributed by atoms with Gasteiger partial charge in [0.25, 0.3) is 0 Å². The Morgan fingerprint density at radius 1 is 1.50 bits per heavy atom. The lowest BCUT2D eigenvalue weighted by atomic mass is 10.1. The number of carbonyl (C=O) groups excluding carboxylic acids is 1. The summed E-state index contributed by atoms with van der Waals surface area (Å²) in [5.74, 6) is 0.201. The van der Waals surface area contributed by atoms with Gasteiger partial charge in [0.2, 0.25) is 5.91 Å². The highest BCUT2D eigenvalue weighted by molar-refractivity contribution is 5.76. The largest absolute Gasteiger partial charge is 0.379 e. The van der Waals surface area contributed by atoms with Crippen LogP contribution in [0.4, 0.5) is 0 Å². The maximum absolute atomic E-state index is 11.8. The summed E-state index contributed by atoms with van der Waals surface area (Å²) >= 11 is 0. The van der Waals surface area contributed by atoms with E-state index < -0.39 is 0 Å². The molecule has 1 aliphatic heterocycles. The molecule has 1 saturated heterocycles. The van der Waals surface area contributed by atoms with Crippen molar-refractivity contribution in [2.45, 2.75) is 45.2 Å². The van der Waals surface area contributed by atoms with E-state index in [1.165, 1.54) is 0 Å². The van der Waals surface area contributed by atoms with Gasteiger partial charge in [0, 0.05) is 32.2 Å². The summed E-state index contributed by atoms with van der Waals surface area (Å²) in [4.78, 5) is 13.7. The van der Waals surface area contributed by atoms with Crippen LogP contribution in [0.25, 0.3) is 0 Å². The molecule has 0 aromatic carbocycles. The Morgan fingerprint density at radius 3 is 2.69 bits per heavy atom. The predicted molar refractivity (Wildman–Crippen MR) is 64.4 cm³/mol. The molecular formula is C12H24N2O2. The van der Waals surface area contributed by atoms with Gasteiger partial charge in [-0.25, -0.2) is 0 Å². The van der Waals surface area contributed by atoms with Gasteiger partial charge in [-0.15, -0.1) is 0 Å². The topological polar surface area (TPSA) is 41.6 Å². The number of carbonyl (C=O) groups is 1. The quantitative estimate of drug-likeness (QED) is 0.781. The third-order valence-corrected chi connectivity index (χ3v) is 2.84. The van der Waals surface area contributed by atoms with E-state index in [2.05, 4.69) is 26.1 Å². The number of likely N-dealkylation sites (N-methyl/N-ethyl adjacent to an activating group) is 1. The molecule has 94 valence electrons. The SMILES string of the molecule is CN(C(=O)CCNC(C)(C)C)C1CCOC1.